The van der Waals surface area contributed by atoms with Crippen LogP contribution in [0.25, 0.3) is 0 Å². The van der Waals surface area contributed by atoms with Gasteiger partial charge < -0.3 is 11.1 Å². The second kappa shape index (κ2) is 3.55. The van der Waals surface area contributed by atoms with Crippen LogP contribution in [0.3, 0.4) is 0 Å². The Bertz CT molecular complexity index is 309. The van der Waals surface area contributed by atoms with E-state index in [1.54, 1.807) is 18.2 Å². The molecule has 0 unspecified atom stereocenters. The maximum atomic E-state index is 11.1. The standard InChI is InChI=1S/C8H8N2O2/c9-7(11)5-10-8(12)6-3-1-2-4-6/h1-3H,5H2,(H2,9,11)(H,10,12). The highest BCUT2D eigenvalue weighted by molar-refractivity contribution is 5.98. The third-order valence-corrected chi connectivity index (χ3v) is 1.27. The summed E-state index contributed by atoms with van der Waals surface area (Å²) in [5.74, 6) is -0.895. The van der Waals surface area contributed by atoms with Crippen molar-refractivity contribution in [3.05, 3.63) is 29.5 Å². The van der Waals surface area contributed by atoms with Gasteiger partial charge in [-0.05, 0) is 12.2 Å². The van der Waals surface area contributed by atoms with E-state index in [4.69, 9.17) is 5.73 Å². The van der Waals surface area contributed by atoms with Crippen molar-refractivity contribution in [1.82, 2.24) is 5.32 Å². The summed E-state index contributed by atoms with van der Waals surface area (Å²) in [5.41, 5.74) is 7.94. The number of nitrogens with two attached hydrogens (primary N) is 1. The van der Waals surface area contributed by atoms with Gasteiger partial charge in [-0.2, -0.15) is 0 Å². The SMILES string of the molecule is NC(=O)CNC(=O)C1=C=CC=C1. The maximum Gasteiger partial charge on any atom is 0.259 e. The van der Waals surface area contributed by atoms with Crippen LogP contribution in [0.5, 0.6) is 0 Å². The second-order valence-electron chi connectivity index (χ2n) is 2.23. The molecule has 0 aromatic heterocycles. The van der Waals surface area contributed by atoms with Crippen LogP contribution in [0, 0.1) is 0 Å². The first-order valence-electron chi connectivity index (χ1n) is 3.40. The van der Waals surface area contributed by atoms with Gasteiger partial charge in [0.05, 0.1) is 12.1 Å². The van der Waals surface area contributed by atoms with E-state index in [1.165, 1.54) is 0 Å². The van der Waals surface area contributed by atoms with Gasteiger partial charge in [-0.15, -0.1) is 5.73 Å². The molecule has 0 bridgehead atoms. The van der Waals surface area contributed by atoms with Crippen molar-refractivity contribution < 1.29 is 9.59 Å². The highest BCUT2D eigenvalue weighted by Crippen LogP contribution is 2.00. The summed E-state index contributed by atoms with van der Waals surface area (Å²) in [6, 6.07) is 0. The number of rotatable bonds is 3. The first kappa shape index (κ1) is 8.30. The number of nitrogens with one attached hydrogen (secondary N) is 1. The molecule has 3 N–H and O–H groups in total. The molecule has 0 heterocycles. The molecule has 62 valence electrons. The van der Waals surface area contributed by atoms with E-state index in [0.29, 0.717) is 5.57 Å². The zero-order valence-corrected chi connectivity index (χ0v) is 6.33. The van der Waals surface area contributed by atoms with Crippen LogP contribution in [0.4, 0.5) is 0 Å². The number of hydrogen-bond donors (Lipinski definition) is 2. The van der Waals surface area contributed by atoms with Crippen molar-refractivity contribution in [1.29, 1.82) is 0 Å². The molecule has 0 saturated carbocycles. The fourth-order valence-corrected chi connectivity index (χ4v) is 0.734. The highest BCUT2D eigenvalue weighted by Gasteiger charge is 2.07. The normalized spacial score (nSPS) is 12.8. The van der Waals surface area contributed by atoms with Gasteiger partial charge in [-0.3, -0.25) is 9.59 Å². The Morgan fingerprint density at radius 2 is 2.33 bits per heavy atom. The summed E-state index contributed by atoms with van der Waals surface area (Å²) in [5, 5.41) is 2.34. The lowest BCUT2D eigenvalue weighted by molar-refractivity contribution is -0.122. The van der Waals surface area contributed by atoms with Gasteiger partial charge >= 0.3 is 0 Å². The first-order valence-corrected chi connectivity index (χ1v) is 3.40. The molecule has 0 aromatic carbocycles. The lowest BCUT2D eigenvalue weighted by atomic mass is 10.3. The first-order chi connectivity index (χ1) is 5.70. The van der Waals surface area contributed by atoms with E-state index in [1.807, 2.05) is 0 Å². The van der Waals surface area contributed by atoms with Gasteiger partial charge in [0.1, 0.15) is 0 Å². The Labute approximate surface area is 69.4 Å². The van der Waals surface area contributed by atoms with E-state index in [0.717, 1.165) is 0 Å². The molecule has 1 aliphatic carbocycles. The van der Waals surface area contributed by atoms with Gasteiger partial charge in [0.15, 0.2) is 0 Å². The fourth-order valence-electron chi connectivity index (χ4n) is 0.734. The Morgan fingerprint density at radius 1 is 1.58 bits per heavy atom. The summed E-state index contributed by atoms with van der Waals surface area (Å²) in [7, 11) is 0. The minimum Gasteiger partial charge on any atom is -0.368 e. The van der Waals surface area contributed by atoms with E-state index in [2.05, 4.69) is 11.0 Å². The van der Waals surface area contributed by atoms with Crippen molar-refractivity contribution in [3.63, 3.8) is 0 Å². The number of primary amides is 1. The molecular weight excluding hydrogens is 156 g/mol. The summed E-state index contributed by atoms with van der Waals surface area (Å²) in [6.45, 7) is -0.141. The third-order valence-electron chi connectivity index (χ3n) is 1.27. The van der Waals surface area contributed by atoms with Gasteiger partial charge in [-0.1, -0.05) is 6.08 Å². The molecule has 0 spiro atoms. The number of carbonyl (C=O) groups is 2. The molecule has 0 aliphatic heterocycles. The molecule has 1 rings (SSSR count). The van der Waals surface area contributed by atoms with E-state index in [-0.39, 0.29) is 12.5 Å². The molecule has 0 radical (unpaired) electrons. The van der Waals surface area contributed by atoms with Gasteiger partial charge in [-0.25, -0.2) is 0 Å². The van der Waals surface area contributed by atoms with Crippen molar-refractivity contribution >= 4 is 11.8 Å². The van der Waals surface area contributed by atoms with Crippen LogP contribution in [-0.2, 0) is 9.59 Å². The quantitative estimate of drug-likeness (QED) is 0.538. The average molecular weight is 164 g/mol. The summed E-state index contributed by atoms with van der Waals surface area (Å²) in [6.07, 6.45) is 4.93. The van der Waals surface area contributed by atoms with Crippen LogP contribution >= 0.6 is 0 Å². The van der Waals surface area contributed by atoms with Crippen LogP contribution in [-0.4, -0.2) is 18.4 Å². The molecule has 0 saturated heterocycles. The second-order valence-corrected chi connectivity index (χ2v) is 2.23. The van der Waals surface area contributed by atoms with Crippen LogP contribution in [0.15, 0.2) is 29.5 Å². The minimum absolute atomic E-state index is 0.141. The molecule has 12 heavy (non-hydrogen) atoms. The van der Waals surface area contributed by atoms with Gasteiger partial charge in [0, 0.05) is 0 Å². The topological polar surface area (TPSA) is 72.2 Å². The Hall–Kier alpha value is -1.80. The summed E-state index contributed by atoms with van der Waals surface area (Å²) < 4.78 is 0. The van der Waals surface area contributed by atoms with Crippen molar-refractivity contribution in [2.24, 2.45) is 5.73 Å². The molecule has 2 amide bonds. The van der Waals surface area contributed by atoms with Crippen molar-refractivity contribution in [3.8, 4) is 0 Å². The largest absolute Gasteiger partial charge is 0.368 e. The predicted molar refractivity (Wildman–Crippen MR) is 42.9 cm³/mol. The Kier molecular flexibility index (Phi) is 2.46. The van der Waals surface area contributed by atoms with Crippen molar-refractivity contribution in [2.75, 3.05) is 6.54 Å². The van der Waals surface area contributed by atoms with Crippen LogP contribution in [0.1, 0.15) is 0 Å². The Balaban J connectivity index is 2.45. The number of allylic oxidation sites excluding steroid dienone is 1. The van der Waals surface area contributed by atoms with Crippen molar-refractivity contribution in [2.45, 2.75) is 0 Å². The van der Waals surface area contributed by atoms with Crippen LogP contribution in [0.2, 0.25) is 0 Å². The maximum absolute atomic E-state index is 11.1. The lowest BCUT2D eigenvalue weighted by Gasteiger charge is -1.99. The van der Waals surface area contributed by atoms with E-state index < -0.39 is 5.91 Å². The zero-order chi connectivity index (χ0) is 8.97. The third kappa shape index (κ3) is 2.11. The fraction of sp³-hybridized carbons (Fsp3) is 0.125. The van der Waals surface area contributed by atoms with Crippen LogP contribution < -0.4 is 11.1 Å². The van der Waals surface area contributed by atoms with E-state index >= 15 is 0 Å². The lowest BCUT2D eigenvalue weighted by Crippen LogP contribution is -2.33. The zero-order valence-electron chi connectivity index (χ0n) is 6.33. The monoisotopic (exact) mass is 164 g/mol. The number of carbonyl (C=O) groups excluding carboxylic acids is 2. The minimum atomic E-state index is -0.560. The predicted octanol–water partition coefficient (Wildman–Crippen LogP) is -0.761. The molecule has 4 heteroatoms. The smallest absolute Gasteiger partial charge is 0.259 e. The molecule has 4 nitrogen and oxygen atoms in total. The van der Waals surface area contributed by atoms with Gasteiger partial charge in [0.25, 0.3) is 5.91 Å². The summed E-state index contributed by atoms with van der Waals surface area (Å²) >= 11 is 0. The summed E-state index contributed by atoms with van der Waals surface area (Å²) in [4.78, 5) is 21.3. The van der Waals surface area contributed by atoms with E-state index in [9.17, 15) is 9.59 Å². The number of amides is 2. The Morgan fingerprint density at radius 3 is 2.83 bits per heavy atom. The molecular formula is C8H8N2O2. The highest BCUT2D eigenvalue weighted by atomic mass is 16.2. The molecule has 0 aromatic rings. The molecule has 0 atom stereocenters. The molecule has 1 aliphatic rings. The van der Waals surface area contributed by atoms with Gasteiger partial charge in [0.2, 0.25) is 5.91 Å². The average Bonchev–Trinajstić information content (AvgIpc) is 2.51. The molecule has 0 fully saturated rings. The number of hydrogen-bond acceptors (Lipinski definition) is 2.